The number of fused-ring (bicyclic) bond motifs is 1. The molecular weight excluding hydrogens is 325 g/mol. The maximum atomic E-state index is 13.7. The number of allylic oxidation sites excluding steroid dienone is 1. The molecule has 4 rings (SSSR count). The number of hydrogen-bond donors (Lipinski definition) is 2. The van der Waals surface area contributed by atoms with Crippen molar-refractivity contribution >= 4 is 45.7 Å². The van der Waals surface area contributed by atoms with Crippen LogP contribution >= 0.6 is 11.3 Å². The lowest BCUT2D eigenvalue weighted by molar-refractivity contribution is 0.457. The minimum atomic E-state index is -0.371. The molecule has 0 saturated carbocycles. The Morgan fingerprint density at radius 1 is 1.08 bits per heavy atom. The molecule has 1 aliphatic heterocycles. The molecule has 0 fully saturated rings. The minimum Gasteiger partial charge on any atom is -0.492 e. The summed E-state index contributed by atoms with van der Waals surface area (Å²) in [6.07, 6.45) is 3.59. The van der Waals surface area contributed by atoms with Gasteiger partial charge in [-0.3, -0.25) is 4.99 Å². The molecule has 2 heterocycles. The SMILES string of the molecule is Oc1nc(Nc2ccccc2F)sc1C=C1C=Nc2ccccc21. The molecule has 3 aromatic rings. The number of halogens is 1. The van der Waals surface area contributed by atoms with Crippen LogP contribution in [0.4, 0.5) is 20.9 Å². The van der Waals surface area contributed by atoms with Gasteiger partial charge in [-0.25, -0.2) is 4.39 Å². The van der Waals surface area contributed by atoms with Gasteiger partial charge in [-0.05, 0) is 24.3 Å². The van der Waals surface area contributed by atoms with Gasteiger partial charge in [-0.2, -0.15) is 4.98 Å². The summed E-state index contributed by atoms with van der Waals surface area (Å²) < 4.78 is 13.7. The average Bonchev–Trinajstić information content (AvgIpc) is 3.14. The molecule has 0 bridgehead atoms. The Hall–Kier alpha value is -2.99. The molecule has 0 radical (unpaired) electrons. The Bertz CT molecular complexity index is 978. The molecule has 1 aromatic heterocycles. The van der Waals surface area contributed by atoms with E-state index in [1.165, 1.54) is 17.4 Å². The lowest BCUT2D eigenvalue weighted by Gasteiger charge is -2.02. The van der Waals surface area contributed by atoms with Crippen LogP contribution in [0.15, 0.2) is 53.5 Å². The van der Waals surface area contributed by atoms with Gasteiger partial charge in [0.2, 0.25) is 5.88 Å². The highest BCUT2D eigenvalue weighted by atomic mass is 32.1. The summed E-state index contributed by atoms with van der Waals surface area (Å²) >= 11 is 1.25. The van der Waals surface area contributed by atoms with Crippen molar-refractivity contribution in [2.24, 2.45) is 4.99 Å². The zero-order valence-electron chi connectivity index (χ0n) is 12.4. The zero-order chi connectivity index (χ0) is 16.5. The summed E-state index contributed by atoms with van der Waals surface area (Å²) in [6.45, 7) is 0. The highest BCUT2D eigenvalue weighted by molar-refractivity contribution is 7.16. The molecule has 0 amide bonds. The number of benzene rings is 2. The molecule has 0 unspecified atom stereocenters. The van der Waals surface area contributed by atoms with E-state index in [0.29, 0.717) is 15.7 Å². The molecule has 2 N–H and O–H groups in total. The van der Waals surface area contributed by atoms with E-state index in [1.54, 1.807) is 24.4 Å². The van der Waals surface area contributed by atoms with Crippen LogP contribution in [-0.4, -0.2) is 16.3 Å². The van der Waals surface area contributed by atoms with E-state index in [1.807, 2.05) is 30.3 Å². The molecule has 0 spiro atoms. The number of nitrogens with zero attached hydrogens (tertiary/aromatic N) is 2. The van der Waals surface area contributed by atoms with Gasteiger partial charge in [-0.1, -0.05) is 41.7 Å². The maximum absolute atomic E-state index is 13.7. The van der Waals surface area contributed by atoms with E-state index >= 15 is 0 Å². The van der Waals surface area contributed by atoms with E-state index in [0.717, 1.165) is 16.8 Å². The first kappa shape index (κ1) is 14.6. The molecule has 1 aliphatic rings. The van der Waals surface area contributed by atoms with Crippen LogP contribution in [0.2, 0.25) is 0 Å². The van der Waals surface area contributed by atoms with E-state index in [-0.39, 0.29) is 11.7 Å². The molecule has 2 aromatic carbocycles. The fourth-order valence-electron chi connectivity index (χ4n) is 2.44. The van der Waals surface area contributed by atoms with Gasteiger partial charge in [-0.15, -0.1) is 0 Å². The third kappa shape index (κ3) is 2.68. The first-order valence-corrected chi connectivity index (χ1v) is 8.09. The molecule has 4 nitrogen and oxygen atoms in total. The number of nitrogens with one attached hydrogen (secondary N) is 1. The van der Waals surface area contributed by atoms with E-state index < -0.39 is 0 Å². The molecule has 0 atom stereocenters. The number of hydrogen-bond acceptors (Lipinski definition) is 5. The summed E-state index contributed by atoms with van der Waals surface area (Å²) in [5.41, 5.74) is 3.13. The van der Waals surface area contributed by atoms with Gasteiger partial charge in [0.1, 0.15) is 5.82 Å². The summed E-state index contributed by atoms with van der Waals surface area (Å²) in [6, 6.07) is 14.1. The van der Waals surface area contributed by atoms with Crippen molar-refractivity contribution in [3.63, 3.8) is 0 Å². The van der Waals surface area contributed by atoms with Crippen LogP contribution in [0.25, 0.3) is 11.6 Å². The van der Waals surface area contributed by atoms with Crippen LogP contribution in [0, 0.1) is 5.82 Å². The normalized spacial score (nSPS) is 14.1. The van der Waals surface area contributed by atoms with Crippen molar-refractivity contribution in [2.45, 2.75) is 0 Å². The largest absolute Gasteiger partial charge is 0.492 e. The summed E-state index contributed by atoms with van der Waals surface area (Å²) in [5.74, 6) is -0.465. The van der Waals surface area contributed by atoms with Crippen molar-refractivity contribution in [3.05, 3.63) is 64.8 Å². The number of aromatic nitrogens is 1. The van der Waals surface area contributed by atoms with E-state index in [2.05, 4.69) is 15.3 Å². The summed E-state index contributed by atoms with van der Waals surface area (Å²) in [4.78, 5) is 8.98. The van der Waals surface area contributed by atoms with Gasteiger partial charge in [0.05, 0.1) is 16.3 Å². The predicted octanol–water partition coefficient (Wildman–Crippen LogP) is 4.99. The summed E-state index contributed by atoms with van der Waals surface area (Å²) in [7, 11) is 0. The molecule has 0 saturated heterocycles. The third-order valence-corrected chi connectivity index (χ3v) is 4.50. The smallest absolute Gasteiger partial charge is 0.231 e. The summed E-state index contributed by atoms with van der Waals surface area (Å²) in [5, 5.41) is 13.4. The monoisotopic (exact) mass is 337 g/mol. The fourth-order valence-corrected chi connectivity index (χ4v) is 3.27. The molecular formula is C18H12FN3OS. The van der Waals surface area contributed by atoms with E-state index in [4.69, 9.17) is 0 Å². The van der Waals surface area contributed by atoms with Crippen LogP contribution in [0.5, 0.6) is 5.88 Å². The Balaban J connectivity index is 1.65. The lowest BCUT2D eigenvalue weighted by Crippen LogP contribution is -1.91. The molecule has 118 valence electrons. The number of para-hydroxylation sites is 2. The maximum Gasteiger partial charge on any atom is 0.231 e. The Morgan fingerprint density at radius 2 is 1.88 bits per heavy atom. The zero-order valence-corrected chi connectivity index (χ0v) is 13.2. The second kappa shape index (κ2) is 5.90. The highest BCUT2D eigenvalue weighted by Gasteiger charge is 2.15. The van der Waals surface area contributed by atoms with Gasteiger partial charge in [0.15, 0.2) is 5.13 Å². The minimum absolute atomic E-state index is 0.0934. The molecule has 24 heavy (non-hydrogen) atoms. The fraction of sp³-hybridized carbons (Fsp3) is 0. The second-order valence-corrected chi connectivity index (χ2v) is 6.22. The molecule has 0 aliphatic carbocycles. The van der Waals surface area contributed by atoms with Gasteiger partial charge < -0.3 is 10.4 Å². The van der Waals surface area contributed by atoms with E-state index in [9.17, 15) is 9.50 Å². The van der Waals surface area contributed by atoms with Crippen molar-refractivity contribution in [3.8, 4) is 5.88 Å². The topological polar surface area (TPSA) is 57.5 Å². The number of anilines is 2. The highest BCUT2D eigenvalue weighted by Crippen LogP contribution is 2.37. The van der Waals surface area contributed by atoms with Crippen molar-refractivity contribution < 1.29 is 9.50 Å². The predicted molar refractivity (Wildman–Crippen MR) is 95.9 cm³/mol. The lowest BCUT2D eigenvalue weighted by atomic mass is 10.1. The van der Waals surface area contributed by atoms with Gasteiger partial charge in [0.25, 0.3) is 0 Å². The number of aliphatic imine (C=N–C) groups is 1. The van der Waals surface area contributed by atoms with Gasteiger partial charge >= 0.3 is 0 Å². The average molecular weight is 337 g/mol. The van der Waals surface area contributed by atoms with Crippen molar-refractivity contribution in [1.29, 1.82) is 0 Å². The van der Waals surface area contributed by atoms with Crippen molar-refractivity contribution in [2.75, 3.05) is 5.32 Å². The van der Waals surface area contributed by atoms with Gasteiger partial charge in [0, 0.05) is 17.4 Å². The Morgan fingerprint density at radius 3 is 2.75 bits per heavy atom. The number of rotatable bonds is 3. The Kier molecular flexibility index (Phi) is 3.59. The van der Waals surface area contributed by atoms with Crippen LogP contribution < -0.4 is 5.32 Å². The first-order valence-electron chi connectivity index (χ1n) is 7.27. The van der Waals surface area contributed by atoms with Crippen LogP contribution in [-0.2, 0) is 0 Å². The second-order valence-electron chi connectivity index (χ2n) is 5.19. The van der Waals surface area contributed by atoms with Crippen molar-refractivity contribution in [1.82, 2.24) is 4.98 Å². The number of aromatic hydroxyl groups is 1. The quantitative estimate of drug-likeness (QED) is 0.708. The van der Waals surface area contributed by atoms with Crippen LogP contribution in [0.1, 0.15) is 10.4 Å². The first-order chi connectivity index (χ1) is 11.7. The third-order valence-electron chi connectivity index (χ3n) is 3.59. The molecule has 6 heteroatoms. The Labute approximate surface area is 141 Å². The standard InChI is InChI=1S/C18H12FN3OS/c19-13-6-2-4-8-15(13)21-18-22-17(23)16(24-18)9-11-10-20-14-7-3-1-5-12(11)14/h1-10,23H,(H,21,22). The van der Waals surface area contributed by atoms with Crippen LogP contribution in [0.3, 0.4) is 0 Å². The number of thiazole rings is 1.